The molecular formula is C24H24N2O5. The molecule has 31 heavy (non-hydrogen) atoms. The number of ether oxygens (including phenoxy) is 1. The third-order valence-electron chi connectivity index (χ3n) is 4.62. The Kier molecular flexibility index (Phi) is 7.22. The molecule has 2 N–H and O–H groups in total. The van der Waals surface area contributed by atoms with Crippen molar-refractivity contribution in [2.24, 2.45) is 5.10 Å². The van der Waals surface area contributed by atoms with Gasteiger partial charge in [-0.1, -0.05) is 48.5 Å². The Morgan fingerprint density at radius 1 is 1.10 bits per heavy atom. The molecule has 1 aromatic heterocycles. The highest BCUT2D eigenvalue weighted by Crippen LogP contribution is 2.29. The first-order valence-corrected chi connectivity index (χ1v) is 9.86. The van der Waals surface area contributed by atoms with Crippen LogP contribution in [0.1, 0.15) is 30.4 Å². The van der Waals surface area contributed by atoms with Crippen molar-refractivity contribution in [1.29, 1.82) is 0 Å². The van der Waals surface area contributed by atoms with Crippen LogP contribution in [0.3, 0.4) is 0 Å². The van der Waals surface area contributed by atoms with Crippen LogP contribution in [-0.4, -0.2) is 29.3 Å². The van der Waals surface area contributed by atoms with Gasteiger partial charge < -0.3 is 14.3 Å². The number of carbonyl (C=O) groups excluding carboxylic acids is 1. The maximum absolute atomic E-state index is 12.2. The third-order valence-corrected chi connectivity index (χ3v) is 4.62. The van der Waals surface area contributed by atoms with E-state index in [0.717, 1.165) is 16.7 Å². The molecule has 3 rings (SSSR count). The summed E-state index contributed by atoms with van der Waals surface area (Å²) in [4.78, 5) is 23.0. The van der Waals surface area contributed by atoms with Gasteiger partial charge in [-0.05, 0) is 31.5 Å². The van der Waals surface area contributed by atoms with Gasteiger partial charge in [0.05, 0.1) is 12.1 Å². The lowest BCUT2D eigenvalue weighted by molar-refractivity contribution is -0.137. The van der Waals surface area contributed by atoms with Crippen LogP contribution in [-0.2, 0) is 16.0 Å². The predicted octanol–water partition coefficient (Wildman–Crippen LogP) is 4.19. The fourth-order valence-corrected chi connectivity index (χ4v) is 3.09. The molecule has 1 heterocycles. The van der Waals surface area contributed by atoms with Gasteiger partial charge in [-0.3, -0.25) is 9.59 Å². The minimum Gasteiger partial charge on any atom is -0.483 e. The number of nitrogens with zero attached hydrogens (tertiary/aromatic N) is 1. The van der Waals surface area contributed by atoms with E-state index in [1.165, 1.54) is 0 Å². The van der Waals surface area contributed by atoms with Gasteiger partial charge in [-0.25, -0.2) is 5.43 Å². The van der Waals surface area contributed by atoms with Crippen molar-refractivity contribution in [3.63, 3.8) is 0 Å². The summed E-state index contributed by atoms with van der Waals surface area (Å²) in [5.41, 5.74) is 5.66. The molecular weight excluding hydrogens is 396 g/mol. The summed E-state index contributed by atoms with van der Waals surface area (Å²) in [7, 11) is 0. The highest BCUT2D eigenvalue weighted by atomic mass is 16.5. The van der Waals surface area contributed by atoms with E-state index in [-0.39, 0.29) is 13.0 Å². The van der Waals surface area contributed by atoms with Gasteiger partial charge in [0.25, 0.3) is 5.91 Å². The zero-order valence-electron chi connectivity index (χ0n) is 17.4. The molecule has 0 aliphatic carbocycles. The Balaban J connectivity index is 1.60. The second-order valence-corrected chi connectivity index (χ2v) is 6.96. The Morgan fingerprint density at radius 3 is 2.55 bits per heavy atom. The lowest BCUT2D eigenvalue weighted by atomic mass is 10.1. The van der Waals surface area contributed by atoms with E-state index in [2.05, 4.69) is 10.5 Å². The second-order valence-electron chi connectivity index (χ2n) is 6.96. The SMILES string of the molecule is C/C(=N/NC(=O)COc1ccccc1-c1ccccc1)c1cc(CCC(=O)O)oc1C. The van der Waals surface area contributed by atoms with Crippen LogP contribution in [0, 0.1) is 6.92 Å². The van der Waals surface area contributed by atoms with E-state index < -0.39 is 11.9 Å². The van der Waals surface area contributed by atoms with Crippen LogP contribution in [0.25, 0.3) is 11.1 Å². The quantitative estimate of drug-likeness (QED) is 0.399. The summed E-state index contributed by atoms with van der Waals surface area (Å²) in [6.07, 6.45) is 0.283. The Labute approximate surface area is 180 Å². The molecule has 0 bridgehead atoms. The highest BCUT2D eigenvalue weighted by molar-refractivity contribution is 6.00. The summed E-state index contributed by atoms with van der Waals surface area (Å²) in [5, 5.41) is 12.9. The fraction of sp³-hybridized carbons (Fsp3) is 0.208. The number of furan rings is 1. The fourth-order valence-electron chi connectivity index (χ4n) is 3.09. The molecule has 7 nitrogen and oxygen atoms in total. The molecule has 3 aromatic rings. The number of hydrogen-bond acceptors (Lipinski definition) is 5. The van der Waals surface area contributed by atoms with Gasteiger partial charge in [-0.15, -0.1) is 0 Å². The molecule has 0 aliphatic rings. The normalized spacial score (nSPS) is 11.2. The monoisotopic (exact) mass is 420 g/mol. The first kappa shape index (κ1) is 21.8. The summed E-state index contributed by atoms with van der Waals surface area (Å²) >= 11 is 0. The van der Waals surface area contributed by atoms with Gasteiger partial charge >= 0.3 is 5.97 Å². The number of rotatable bonds is 9. The third kappa shape index (κ3) is 6.05. The minimum absolute atomic E-state index is 0.0128. The maximum Gasteiger partial charge on any atom is 0.303 e. The molecule has 0 unspecified atom stereocenters. The van der Waals surface area contributed by atoms with Crippen LogP contribution in [0.2, 0.25) is 0 Å². The van der Waals surface area contributed by atoms with Crippen LogP contribution in [0.15, 0.2) is 70.2 Å². The molecule has 160 valence electrons. The van der Waals surface area contributed by atoms with Crippen molar-refractivity contribution >= 4 is 17.6 Å². The molecule has 0 aliphatic heterocycles. The average molecular weight is 420 g/mol. The first-order chi connectivity index (χ1) is 14.9. The van der Waals surface area contributed by atoms with Crippen LogP contribution in [0.5, 0.6) is 5.75 Å². The van der Waals surface area contributed by atoms with Crippen molar-refractivity contribution in [3.05, 3.63) is 77.7 Å². The van der Waals surface area contributed by atoms with Gasteiger partial charge in [0.1, 0.15) is 17.3 Å². The summed E-state index contributed by atoms with van der Waals surface area (Å²) in [6, 6.07) is 19.1. The number of para-hydroxylation sites is 1. The zero-order chi connectivity index (χ0) is 22.2. The first-order valence-electron chi connectivity index (χ1n) is 9.86. The van der Waals surface area contributed by atoms with Gasteiger partial charge in [0.2, 0.25) is 0 Å². The van der Waals surface area contributed by atoms with Gasteiger partial charge in [-0.2, -0.15) is 5.10 Å². The highest BCUT2D eigenvalue weighted by Gasteiger charge is 2.12. The van der Waals surface area contributed by atoms with Gasteiger partial charge in [0.15, 0.2) is 6.61 Å². The summed E-state index contributed by atoms with van der Waals surface area (Å²) in [5.74, 6) is 0.510. The number of benzene rings is 2. The zero-order valence-corrected chi connectivity index (χ0v) is 17.4. The molecule has 0 saturated carbocycles. The summed E-state index contributed by atoms with van der Waals surface area (Å²) < 4.78 is 11.3. The lowest BCUT2D eigenvalue weighted by Gasteiger charge is -2.11. The number of carboxylic acid groups (broad SMARTS) is 1. The molecule has 0 fully saturated rings. The van der Waals surface area contributed by atoms with Gasteiger partial charge in [0, 0.05) is 17.5 Å². The smallest absolute Gasteiger partial charge is 0.303 e. The molecule has 0 atom stereocenters. The number of hydrazone groups is 1. The van der Waals surface area contributed by atoms with E-state index in [0.29, 0.717) is 29.4 Å². The van der Waals surface area contributed by atoms with E-state index in [1.54, 1.807) is 19.9 Å². The number of carboxylic acids is 1. The van der Waals surface area contributed by atoms with Crippen LogP contribution in [0.4, 0.5) is 0 Å². The Morgan fingerprint density at radius 2 is 1.81 bits per heavy atom. The largest absolute Gasteiger partial charge is 0.483 e. The number of aliphatic carboxylic acids is 1. The number of nitrogens with one attached hydrogen (secondary N) is 1. The second kappa shape index (κ2) is 10.2. The topological polar surface area (TPSA) is 101 Å². The molecule has 7 heteroatoms. The molecule has 1 amide bonds. The van der Waals surface area contributed by atoms with Crippen LogP contribution >= 0.6 is 0 Å². The number of carbonyl (C=O) groups is 2. The standard InChI is InChI=1S/C24H24N2O5/c1-16(21-14-19(31-17(21)2)12-13-24(28)29)25-26-23(27)15-30-22-11-7-6-10-20(22)18-8-4-3-5-9-18/h3-11,14H,12-13,15H2,1-2H3,(H,26,27)(H,28,29)/b25-16-. The molecule has 2 aromatic carbocycles. The maximum atomic E-state index is 12.2. The summed E-state index contributed by atoms with van der Waals surface area (Å²) in [6.45, 7) is 3.32. The van der Waals surface area contributed by atoms with E-state index >= 15 is 0 Å². The van der Waals surface area contributed by atoms with E-state index in [1.807, 2.05) is 54.6 Å². The van der Waals surface area contributed by atoms with Crippen LogP contribution < -0.4 is 10.2 Å². The Bertz CT molecular complexity index is 1090. The van der Waals surface area contributed by atoms with Crippen molar-refractivity contribution in [1.82, 2.24) is 5.43 Å². The van der Waals surface area contributed by atoms with E-state index in [4.69, 9.17) is 14.3 Å². The number of aryl methyl sites for hydroxylation is 2. The van der Waals surface area contributed by atoms with Crippen molar-refractivity contribution in [2.45, 2.75) is 26.7 Å². The average Bonchev–Trinajstić information content (AvgIpc) is 3.16. The molecule has 0 radical (unpaired) electrons. The van der Waals surface area contributed by atoms with E-state index in [9.17, 15) is 9.59 Å². The number of hydrogen-bond donors (Lipinski definition) is 2. The predicted molar refractivity (Wildman–Crippen MR) is 117 cm³/mol. The molecule has 0 spiro atoms. The molecule has 0 saturated heterocycles. The van der Waals surface area contributed by atoms with Crippen molar-refractivity contribution < 1.29 is 23.8 Å². The lowest BCUT2D eigenvalue weighted by Crippen LogP contribution is -2.25. The van der Waals surface area contributed by atoms with Crippen molar-refractivity contribution in [2.75, 3.05) is 6.61 Å². The minimum atomic E-state index is -0.887. The number of amides is 1. The van der Waals surface area contributed by atoms with Crippen molar-refractivity contribution in [3.8, 4) is 16.9 Å². The Hall–Kier alpha value is -3.87.